The first-order valence-corrected chi connectivity index (χ1v) is 8.00. The van der Waals surface area contributed by atoms with Crippen LogP contribution in [0.5, 0.6) is 11.5 Å². The fourth-order valence-electron chi connectivity index (χ4n) is 3.49. The Hall–Kier alpha value is -2.00. The fraction of sp³-hybridized carbons (Fsp3) is 0.368. The van der Waals surface area contributed by atoms with Gasteiger partial charge in [-0.25, -0.2) is 0 Å². The van der Waals surface area contributed by atoms with Crippen molar-refractivity contribution in [1.29, 1.82) is 0 Å². The number of likely N-dealkylation sites (tertiary alicyclic amines) is 1. The highest BCUT2D eigenvalue weighted by Gasteiger charge is 2.34. The zero-order valence-corrected chi connectivity index (χ0v) is 12.9. The van der Waals surface area contributed by atoms with E-state index >= 15 is 0 Å². The SMILES string of the molecule is CN1CCC[C@H]1[C@@H]1COc2cc(-c3ccccc3)ccc2O1. The highest BCUT2D eigenvalue weighted by molar-refractivity contribution is 5.67. The van der Waals surface area contributed by atoms with Crippen LogP contribution in [0.3, 0.4) is 0 Å². The topological polar surface area (TPSA) is 21.7 Å². The minimum Gasteiger partial charge on any atom is -0.486 e. The molecule has 2 aromatic rings. The van der Waals surface area contributed by atoms with Crippen LogP contribution in [-0.2, 0) is 0 Å². The summed E-state index contributed by atoms with van der Waals surface area (Å²) in [5, 5.41) is 0. The smallest absolute Gasteiger partial charge is 0.162 e. The van der Waals surface area contributed by atoms with Gasteiger partial charge < -0.3 is 9.47 Å². The van der Waals surface area contributed by atoms with E-state index in [1.54, 1.807) is 0 Å². The van der Waals surface area contributed by atoms with Crippen molar-refractivity contribution in [3.8, 4) is 22.6 Å². The Morgan fingerprint density at radius 1 is 1.00 bits per heavy atom. The van der Waals surface area contributed by atoms with Gasteiger partial charge in [0.1, 0.15) is 12.7 Å². The molecule has 0 radical (unpaired) electrons. The summed E-state index contributed by atoms with van der Waals surface area (Å²) in [6, 6.07) is 17.1. The number of rotatable bonds is 2. The second-order valence-electron chi connectivity index (χ2n) is 6.19. The van der Waals surface area contributed by atoms with E-state index in [-0.39, 0.29) is 6.10 Å². The number of ether oxygens (including phenoxy) is 2. The third kappa shape index (κ3) is 2.46. The van der Waals surface area contributed by atoms with E-state index in [0.717, 1.165) is 18.0 Å². The molecule has 0 bridgehead atoms. The third-order valence-corrected chi connectivity index (χ3v) is 4.74. The van der Waals surface area contributed by atoms with Crippen LogP contribution in [0.1, 0.15) is 12.8 Å². The van der Waals surface area contributed by atoms with Crippen molar-refractivity contribution in [3.63, 3.8) is 0 Å². The van der Waals surface area contributed by atoms with Gasteiger partial charge in [0.05, 0.1) is 0 Å². The number of nitrogens with zero attached hydrogens (tertiary/aromatic N) is 1. The van der Waals surface area contributed by atoms with Gasteiger partial charge in [-0.2, -0.15) is 0 Å². The number of hydrogen-bond donors (Lipinski definition) is 0. The Labute approximate surface area is 131 Å². The summed E-state index contributed by atoms with van der Waals surface area (Å²) in [4.78, 5) is 2.39. The fourth-order valence-corrected chi connectivity index (χ4v) is 3.49. The van der Waals surface area contributed by atoms with Gasteiger partial charge in [0, 0.05) is 6.04 Å². The standard InChI is InChI=1S/C19H21NO2/c1-20-11-5-8-16(20)19-13-21-18-12-15(9-10-17(18)22-19)14-6-3-2-4-7-14/h2-4,6-7,9-10,12,16,19H,5,8,11,13H2,1H3/t16-,19-/m0/s1. The van der Waals surface area contributed by atoms with E-state index in [1.807, 2.05) is 12.1 Å². The number of likely N-dealkylation sites (N-methyl/N-ethyl adjacent to an activating group) is 1. The molecule has 22 heavy (non-hydrogen) atoms. The predicted octanol–water partition coefficient (Wildman–Crippen LogP) is 3.59. The molecule has 2 heterocycles. The van der Waals surface area contributed by atoms with Crippen molar-refractivity contribution in [2.75, 3.05) is 20.2 Å². The number of hydrogen-bond acceptors (Lipinski definition) is 3. The Balaban J connectivity index is 1.57. The first kappa shape index (κ1) is 13.6. The molecule has 3 heteroatoms. The Morgan fingerprint density at radius 2 is 1.86 bits per heavy atom. The van der Waals surface area contributed by atoms with Crippen LogP contribution in [-0.4, -0.2) is 37.2 Å². The van der Waals surface area contributed by atoms with Crippen LogP contribution in [0.25, 0.3) is 11.1 Å². The molecule has 0 N–H and O–H groups in total. The average molecular weight is 295 g/mol. The molecule has 114 valence electrons. The average Bonchev–Trinajstić information content (AvgIpc) is 3.01. The van der Waals surface area contributed by atoms with E-state index in [9.17, 15) is 0 Å². The molecule has 2 aliphatic heterocycles. The van der Waals surface area contributed by atoms with Crippen molar-refractivity contribution in [1.82, 2.24) is 4.90 Å². The molecule has 2 aromatic carbocycles. The van der Waals surface area contributed by atoms with Gasteiger partial charge in [-0.05, 0) is 49.7 Å². The van der Waals surface area contributed by atoms with Crippen LogP contribution < -0.4 is 9.47 Å². The lowest BCUT2D eigenvalue weighted by atomic mass is 10.0. The van der Waals surface area contributed by atoms with Crippen molar-refractivity contribution >= 4 is 0 Å². The highest BCUT2D eigenvalue weighted by Crippen LogP contribution is 2.37. The van der Waals surface area contributed by atoms with E-state index in [2.05, 4.69) is 48.3 Å². The van der Waals surface area contributed by atoms with Crippen LogP contribution >= 0.6 is 0 Å². The lowest BCUT2D eigenvalue weighted by molar-refractivity contribution is 0.0369. The molecule has 2 aliphatic rings. The maximum atomic E-state index is 6.21. The van der Waals surface area contributed by atoms with E-state index < -0.39 is 0 Å². The highest BCUT2D eigenvalue weighted by atomic mass is 16.6. The monoisotopic (exact) mass is 295 g/mol. The van der Waals surface area contributed by atoms with Crippen LogP contribution in [0, 0.1) is 0 Å². The van der Waals surface area contributed by atoms with Gasteiger partial charge in [0.25, 0.3) is 0 Å². The van der Waals surface area contributed by atoms with Crippen molar-refractivity contribution in [2.24, 2.45) is 0 Å². The molecule has 0 aliphatic carbocycles. The molecular formula is C19H21NO2. The van der Waals surface area contributed by atoms with E-state index in [0.29, 0.717) is 12.6 Å². The van der Waals surface area contributed by atoms with E-state index in [4.69, 9.17) is 9.47 Å². The molecule has 0 amide bonds. The van der Waals surface area contributed by atoms with Crippen LogP contribution in [0.4, 0.5) is 0 Å². The molecule has 4 rings (SSSR count). The summed E-state index contributed by atoms with van der Waals surface area (Å²) in [6.45, 7) is 1.80. The van der Waals surface area contributed by atoms with Gasteiger partial charge >= 0.3 is 0 Å². The molecular weight excluding hydrogens is 274 g/mol. The predicted molar refractivity (Wildman–Crippen MR) is 87.4 cm³/mol. The van der Waals surface area contributed by atoms with Gasteiger partial charge in [0.2, 0.25) is 0 Å². The van der Waals surface area contributed by atoms with Crippen LogP contribution in [0.15, 0.2) is 48.5 Å². The third-order valence-electron chi connectivity index (χ3n) is 4.74. The molecule has 0 saturated carbocycles. The largest absolute Gasteiger partial charge is 0.486 e. The first-order chi connectivity index (χ1) is 10.8. The Bertz CT molecular complexity index is 656. The van der Waals surface area contributed by atoms with Crippen molar-refractivity contribution in [3.05, 3.63) is 48.5 Å². The summed E-state index contributed by atoms with van der Waals surface area (Å²) in [5.41, 5.74) is 2.37. The summed E-state index contributed by atoms with van der Waals surface area (Å²) < 4.78 is 12.2. The quantitative estimate of drug-likeness (QED) is 0.845. The zero-order chi connectivity index (χ0) is 14.9. The second-order valence-corrected chi connectivity index (χ2v) is 6.19. The molecule has 0 aromatic heterocycles. The normalized spacial score (nSPS) is 24.4. The molecule has 3 nitrogen and oxygen atoms in total. The van der Waals surface area contributed by atoms with Crippen LogP contribution in [0.2, 0.25) is 0 Å². The molecule has 1 fully saturated rings. The summed E-state index contributed by atoms with van der Waals surface area (Å²) >= 11 is 0. The summed E-state index contributed by atoms with van der Waals surface area (Å²) in [6.07, 6.45) is 2.59. The summed E-state index contributed by atoms with van der Waals surface area (Å²) in [7, 11) is 2.18. The van der Waals surface area contributed by atoms with Gasteiger partial charge in [-0.15, -0.1) is 0 Å². The molecule has 0 unspecified atom stereocenters. The van der Waals surface area contributed by atoms with Crippen molar-refractivity contribution in [2.45, 2.75) is 25.0 Å². The minimum absolute atomic E-state index is 0.141. The van der Waals surface area contributed by atoms with Gasteiger partial charge in [-0.1, -0.05) is 36.4 Å². The van der Waals surface area contributed by atoms with Gasteiger partial charge in [0.15, 0.2) is 11.5 Å². The van der Waals surface area contributed by atoms with E-state index in [1.165, 1.54) is 24.0 Å². The van der Waals surface area contributed by atoms with Crippen molar-refractivity contribution < 1.29 is 9.47 Å². The second kappa shape index (κ2) is 5.65. The zero-order valence-electron chi connectivity index (χ0n) is 12.9. The lowest BCUT2D eigenvalue weighted by Crippen LogP contribution is -2.45. The Kier molecular flexibility index (Phi) is 3.51. The maximum Gasteiger partial charge on any atom is 0.162 e. The summed E-state index contributed by atoms with van der Waals surface area (Å²) in [5.74, 6) is 1.73. The molecule has 0 spiro atoms. The molecule has 1 saturated heterocycles. The van der Waals surface area contributed by atoms with Gasteiger partial charge in [-0.3, -0.25) is 4.90 Å². The number of benzene rings is 2. The minimum atomic E-state index is 0.141. The molecule has 2 atom stereocenters. The number of fused-ring (bicyclic) bond motifs is 1. The Morgan fingerprint density at radius 3 is 2.64 bits per heavy atom. The lowest BCUT2D eigenvalue weighted by Gasteiger charge is -2.33. The first-order valence-electron chi connectivity index (χ1n) is 8.00. The maximum absolute atomic E-state index is 6.21.